The summed E-state index contributed by atoms with van der Waals surface area (Å²) in [5.74, 6) is 0.368. The van der Waals surface area contributed by atoms with Crippen LogP contribution in [-0.2, 0) is 9.59 Å². The second-order valence-electron chi connectivity index (χ2n) is 6.00. The molecular formula is C18H23ClN4O3S. The highest BCUT2D eigenvalue weighted by atomic mass is 35.5. The molecular weight excluding hydrogens is 388 g/mol. The van der Waals surface area contributed by atoms with Crippen molar-refractivity contribution in [2.75, 3.05) is 18.3 Å². The molecule has 7 nitrogen and oxygen atoms in total. The van der Waals surface area contributed by atoms with Crippen LogP contribution < -0.4 is 15.4 Å². The van der Waals surface area contributed by atoms with Gasteiger partial charge in [-0.3, -0.25) is 14.9 Å². The van der Waals surface area contributed by atoms with Crippen LogP contribution in [0.5, 0.6) is 5.75 Å². The van der Waals surface area contributed by atoms with Gasteiger partial charge in [-0.05, 0) is 30.2 Å². The van der Waals surface area contributed by atoms with Crippen LogP contribution >= 0.6 is 22.9 Å². The molecule has 0 radical (unpaired) electrons. The molecule has 2 rings (SSSR count). The second kappa shape index (κ2) is 10.2. The Labute approximate surface area is 167 Å². The van der Waals surface area contributed by atoms with Crippen LogP contribution in [-0.4, -0.2) is 41.0 Å². The minimum absolute atomic E-state index is 0.0294. The van der Waals surface area contributed by atoms with Gasteiger partial charge in [0, 0.05) is 17.9 Å². The summed E-state index contributed by atoms with van der Waals surface area (Å²) >= 11 is 6.86. The van der Waals surface area contributed by atoms with Crippen molar-refractivity contribution >= 4 is 39.9 Å². The van der Waals surface area contributed by atoms with Crippen LogP contribution in [0, 0.1) is 5.92 Å². The number of benzene rings is 1. The molecule has 2 aromatic rings. The highest BCUT2D eigenvalue weighted by Gasteiger charge is 2.26. The maximum atomic E-state index is 12.6. The summed E-state index contributed by atoms with van der Waals surface area (Å²) in [7, 11) is 1.60. The van der Waals surface area contributed by atoms with Gasteiger partial charge in [0.2, 0.25) is 16.9 Å². The maximum absolute atomic E-state index is 12.6. The Bertz CT molecular complexity index is 766. The SMILES string of the molecule is CCC(C)C(NC(=O)CCCl)C(=O)Nc1nnc(-c2ccc(OC)cc2)s1. The molecule has 0 aliphatic heterocycles. The number of hydrogen-bond donors (Lipinski definition) is 2. The third-order valence-corrected chi connectivity index (χ3v) is 5.20. The second-order valence-corrected chi connectivity index (χ2v) is 7.36. The summed E-state index contributed by atoms with van der Waals surface area (Å²) in [6, 6.07) is 6.76. The molecule has 27 heavy (non-hydrogen) atoms. The molecule has 1 aromatic heterocycles. The van der Waals surface area contributed by atoms with Gasteiger partial charge in [-0.1, -0.05) is 31.6 Å². The van der Waals surface area contributed by atoms with Crippen LogP contribution in [0.3, 0.4) is 0 Å². The fourth-order valence-corrected chi connectivity index (χ4v) is 3.26. The normalized spacial score (nSPS) is 12.9. The molecule has 0 saturated heterocycles. The van der Waals surface area contributed by atoms with Crippen molar-refractivity contribution in [3.63, 3.8) is 0 Å². The fraction of sp³-hybridized carbons (Fsp3) is 0.444. The molecule has 1 aromatic carbocycles. The van der Waals surface area contributed by atoms with Gasteiger partial charge in [-0.2, -0.15) is 0 Å². The van der Waals surface area contributed by atoms with Crippen molar-refractivity contribution in [2.45, 2.75) is 32.7 Å². The summed E-state index contributed by atoms with van der Waals surface area (Å²) in [6.07, 6.45) is 0.911. The number of rotatable bonds is 9. The Morgan fingerprint density at radius 1 is 1.26 bits per heavy atom. The average molecular weight is 411 g/mol. The lowest BCUT2D eigenvalue weighted by Gasteiger charge is -2.22. The summed E-state index contributed by atoms with van der Waals surface area (Å²) in [5, 5.41) is 14.7. The highest BCUT2D eigenvalue weighted by molar-refractivity contribution is 7.18. The summed E-state index contributed by atoms with van der Waals surface area (Å²) in [5.41, 5.74) is 0.877. The van der Waals surface area contributed by atoms with Crippen molar-refractivity contribution in [1.29, 1.82) is 0 Å². The van der Waals surface area contributed by atoms with Gasteiger partial charge < -0.3 is 10.1 Å². The minimum atomic E-state index is -0.654. The largest absolute Gasteiger partial charge is 0.497 e. The Balaban J connectivity index is 2.08. The molecule has 1 heterocycles. The number of anilines is 1. The number of nitrogens with zero attached hydrogens (tertiary/aromatic N) is 2. The van der Waals surface area contributed by atoms with E-state index in [4.69, 9.17) is 16.3 Å². The smallest absolute Gasteiger partial charge is 0.249 e. The third-order valence-electron chi connectivity index (χ3n) is 4.13. The standard InChI is InChI=1S/C18H23ClN4O3S/c1-4-11(2)15(20-14(24)9-10-19)16(25)21-18-23-22-17(27-18)12-5-7-13(26-3)8-6-12/h5-8,11,15H,4,9-10H2,1-3H3,(H,20,24)(H,21,23,25). The lowest BCUT2D eigenvalue weighted by molar-refractivity contribution is -0.127. The predicted molar refractivity (Wildman–Crippen MR) is 107 cm³/mol. The zero-order chi connectivity index (χ0) is 19.8. The Hall–Kier alpha value is -2.19. The zero-order valence-electron chi connectivity index (χ0n) is 15.5. The third kappa shape index (κ3) is 5.90. The van der Waals surface area contributed by atoms with Gasteiger partial charge in [0.15, 0.2) is 0 Å². The topological polar surface area (TPSA) is 93.2 Å². The van der Waals surface area contributed by atoms with Crippen LogP contribution in [0.1, 0.15) is 26.7 Å². The van der Waals surface area contributed by atoms with E-state index in [-0.39, 0.29) is 30.0 Å². The Morgan fingerprint density at radius 2 is 1.96 bits per heavy atom. The monoisotopic (exact) mass is 410 g/mol. The molecule has 9 heteroatoms. The van der Waals surface area contributed by atoms with Gasteiger partial charge >= 0.3 is 0 Å². The molecule has 0 spiro atoms. The number of amides is 2. The number of hydrogen-bond acceptors (Lipinski definition) is 6. The first-order valence-electron chi connectivity index (χ1n) is 8.62. The maximum Gasteiger partial charge on any atom is 0.249 e. The molecule has 2 unspecified atom stereocenters. The summed E-state index contributed by atoms with van der Waals surface area (Å²) < 4.78 is 5.14. The van der Waals surface area contributed by atoms with E-state index in [0.717, 1.165) is 17.7 Å². The number of carbonyl (C=O) groups is 2. The highest BCUT2D eigenvalue weighted by Crippen LogP contribution is 2.28. The van der Waals surface area contributed by atoms with Gasteiger partial charge in [0.05, 0.1) is 7.11 Å². The molecule has 2 atom stereocenters. The van der Waals surface area contributed by atoms with Gasteiger partial charge in [0.25, 0.3) is 0 Å². The molecule has 2 N–H and O–H groups in total. The first-order valence-corrected chi connectivity index (χ1v) is 9.97. The summed E-state index contributed by atoms with van der Waals surface area (Å²) in [4.78, 5) is 24.5. The van der Waals surface area contributed by atoms with E-state index in [1.54, 1.807) is 7.11 Å². The van der Waals surface area contributed by atoms with Crippen LogP contribution in [0.4, 0.5) is 5.13 Å². The van der Waals surface area contributed by atoms with E-state index in [2.05, 4.69) is 20.8 Å². The Morgan fingerprint density at radius 3 is 2.56 bits per heavy atom. The summed E-state index contributed by atoms with van der Waals surface area (Å²) in [6.45, 7) is 3.87. The predicted octanol–water partition coefficient (Wildman–Crippen LogP) is 3.31. The zero-order valence-corrected chi connectivity index (χ0v) is 17.1. The number of halogens is 1. The fourth-order valence-electron chi connectivity index (χ4n) is 2.34. The number of ether oxygens (including phenoxy) is 1. The quantitative estimate of drug-likeness (QED) is 0.618. The number of nitrogens with one attached hydrogen (secondary N) is 2. The van der Waals surface area contributed by atoms with Crippen molar-refractivity contribution in [1.82, 2.24) is 15.5 Å². The lowest BCUT2D eigenvalue weighted by atomic mass is 9.98. The van der Waals surface area contributed by atoms with Gasteiger partial charge in [0.1, 0.15) is 16.8 Å². The molecule has 0 aliphatic rings. The lowest BCUT2D eigenvalue weighted by Crippen LogP contribution is -2.47. The molecule has 146 valence electrons. The van der Waals surface area contributed by atoms with Crippen molar-refractivity contribution < 1.29 is 14.3 Å². The Kier molecular flexibility index (Phi) is 7.99. The van der Waals surface area contributed by atoms with E-state index in [0.29, 0.717) is 10.1 Å². The molecule has 0 fully saturated rings. The van der Waals surface area contributed by atoms with E-state index in [1.165, 1.54) is 11.3 Å². The van der Waals surface area contributed by atoms with E-state index in [9.17, 15) is 9.59 Å². The van der Waals surface area contributed by atoms with Crippen LogP contribution in [0.2, 0.25) is 0 Å². The molecule has 2 amide bonds. The molecule has 0 saturated carbocycles. The van der Waals surface area contributed by atoms with Gasteiger partial charge in [-0.15, -0.1) is 21.8 Å². The molecule has 0 aliphatic carbocycles. The number of alkyl halides is 1. The van der Waals surface area contributed by atoms with E-state index < -0.39 is 6.04 Å². The minimum Gasteiger partial charge on any atom is -0.497 e. The van der Waals surface area contributed by atoms with E-state index >= 15 is 0 Å². The first-order chi connectivity index (χ1) is 13.0. The molecule has 0 bridgehead atoms. The van der Waals surface area contributed by atoms with Crippen LogP contribution in [0.25, 0.3) is 10.6 Å². The van der Waals surface area contributed by atoms with Crippen molar-refractivity contribution in [2.24, 2.45) is 5.92 Å². The van der Waals surface area contributed by atoms with E-state index in [1.807, 2.05) is 38.1 Å². The number of carbonyl (C=O) groups excluding carboxylic acids is 2. The van der Waals surface area contributed by atoms with Crippen LogP contribution in [0.15, 0.2) is 24.3 Å². The van der Waals surface area contributed by atoms with Crippen molar-refractivity contribution in [3.05, 3.63) is 24.3 Å². The number of aromatic nitrogens is 2. The van der Waals surface area contributed by atoms with Gasteiger partial charge in [-0.25, -0.2) is 0 Å². The number of methoxy groups -OCH3 is 1. The first kappa shape index (κ1) is 21.1. The van der Waals surface area contributed by atoms with Crippen molar-refractivity contribution in [3.8, 4) is 16.3 Å². The average Bonchev–Trinajstić information content (AvgIpc) is 3.14.